The molecule has 4 aromatic rings. The molecule has 0 saturated heterocycles. The summed E-state index contributed by atoms with van der Waals surface area (Å²) < 4.78 is 14.8. The molecule has 0 saturated carbocycles. The third-order valence-electron chi connectivity index (χ3n) is 3.51. The van der Waals surface area contributed by atoms with Gasteiger partial charge < -0.3 is 4.98 Å². The molecule has 0 amide bonds. The highest BCUT2D eigenvalue weighted by molar-refractivity contribution is 7.98. The molecule has 130 valence electrons. The molecule has 0 bridgehead atoms. The molecular formula is C16H10FN5O2S2. The van der Waals surface area contributed by atoms with Crippen LogP contribution in [0.5, 0.6) is 0 Å². The topological polar surface area (TPSA) is 93.5 Å². The van der Waals surface area contributed by atoms with Crippen molar-refractivity contribution in [2.75, 3.05) is 0 Å². The van der Waals surface area contributed by atoms with Crippen molar-refractivity contribution in [2.24, 2.45) is 0 Å². The first kappa shape index (κ1) is 16.6. The van der Waals surface area contributed by atoms with E-state index in [0.717, 1.165) is 11.8 Å². The van der Waals surface area contributed by atoms with E-state index in [1.807, 2.05) is 0 Å². The van der Waals surface area contributed by atoms with Gasteiger partial charge in [-0.05, 0) is 17.7 Å². The lowest BCUT2D eigenvalue weighted by Gasteiger charge is -2.10. The highest BCUT2D eigenvalue weighted by atomic mass is 32.2. The van der Waals surface area contributed by atoms with Gasteiger partial charge >= 0.3 is 0 Å². The van der Waals surface area contributed by atoms with Gasteiger partial charge in [0.2, 0.25) is 0 Å². The molecule has 3 heterocycles. The Morgan fingerprint density at radius 3 is 2.73 bits per heavy atom. The maximum absolute atomic E-state index is 13.1. The van der Waals surface area contributed by atoms with Crippen LogP contribution in [0.1, 0.15) is 5.56 Å². The zero-order valence-electron chi connectivity index (χ0n) is 13.0. The lowest BCUT2D eigenvalue weighted by atomic mass is 10.2. The summed E-state index contributed by atoms with van der Waals surface area (Å²) in [5.41, 5.74) is 2.12. The molecule has 0 fully saturated rings. The number of thiazole rings is 1. The smallest absolute Gasteiger partial charge is 0.279 e. The van der Waals surface area contributed by atoms with Crippen molar-refractivity contribution < 1.29 is 4.39 Å². The Morgan fingerprint density at radius 2 is 2.00 bits per heavy atom. The SMILES string of the molecule is O=c1cnc(-n2c(SCc3ccc(F)cc3)nc3ncsc3c2=O)c[nH]1. The Morgan fingerprint density at radius 1 is 1.19 bits per heavy atom. The minimum Gasteiger partial charge on any atom is -0.324 e. The van der Waals surface area contributed by atoms with Gasteiger partial charge in [-0.2, -0.15) is 0 Å². The van der Waals surface area contributed by atoms with Gasteiger partial charge in [-0.1, -0.05) is 23.9 Å². The summed E-state index contributed by atoms with van der Waals surface area (Å²) in [6, 6.07) is 6.10. The number of aromatic amines is 1. The highest BCUT2D eigenvalue weighted by Gasteiger charge is 2.16. The van der Waals surface area contributed by atoms with Gasteiger partial charge in [-0.15, -0.1) is 11.3 Å². The summed E-state index contributed by atoms with van der Waals surface area (Å²) in [5, 5.41) is 0.386. The minimum atomic E-state index is -0.367. The fourth-order valence-electron chi connectivity index (χ4n) is 2.28. The summed E-state index contributed by atoms with van der Waals surface area (Å²) in [6.07, 6.45) is 2.47. The highest BCUT2D eigenvalue weighted by Crippen LogP contribution is 2.24. The predicted octanol–water partition coefficient (Wildman–Crippen LogP) is 2.36. The van der Waals surface area contributed by atoms with Crippen molar-refractivity contribution >= 4 is 33.4 Å². The largest absolute Gasteiger partial charge is 0.324 e. The molecule has 0 aliphatic carbocycles. The van der Waals surface area contributed by atoms with Crippen LogP contribution in [-0.4, -0.2) is 24.5 Å². The fraction of sp³-hybridized carbons (Fsp3) is 0.0625. The van der Waals surface area contributed by atoms with E-state index < -0.39 is 0 Å². The van der Waals surface area contributed by atoms with Crippen LogP contribution in [0.25, 0.3) is 16.2 Å². The number of aromatic nitrogens is 5. The van der Waals surface area contributed by atoms with E-state index in [1.54, 1.807) is 17.6 Å². The lowest BCUT2D eigenvalue weighted by Crippen LogP contribution is -2.23. The summed E-state index contributed by atoms with van der Waals surface area (Å²) in [4.78, 5) is 39.2. The van der Waals surface area contributed by atoms with Gasteiger partial charge in [0.25, 0.3) is 11.1 Å². The fourth-order valence-corrected chi connectivity index (χ4v) is 3.88. The van der Waals surface area contributed by atoms with Crippen LogP contribution < -0.4 is 11.1 Å². The molecule has 1 N–H and O–H groups in total. The molecule has 26 heavy (non-hydrogen) atoms. The van der Waals surface area contributed by atoms with Crippen molar-refractivity contribution in [1.29, 1.82) is 0 Å². The van der Waals surface area contributed by atoms with E-state index in [1.165, 1.54) is 46.0 Å². The molecule has 0 spiro atoms. The molecule has 0 unspecified atom stereocenters. The van der Waals surface area contributed by atoms with Gasteiger partial charge in [0.15, 0.2) is 16.6 Å². The third-order valence-corrected chi connectivity index (χ3v) is 5.32. The number of nitrogens with zero attached hydrogens (tertiary/aromatic N) is 4. The lowest BCUT2D eigenvalue weighted by molar-refractivity contribution is 0.627. The molecule has 0 aliphatic rings. The monoisotopic (exact) mass is 387 g/mol. The van der Waals surface area contributed by atoms with Gasteiger partial charge in [0, 0.05) is 11.9 Å². The Kier molecular flexibility index (Phi) is 4.35. The average molecular weight is 387 g/mol. The second-order valence-corrected chi connectivity index (χ2v) is 7.02. The maximum Gasteiger partial charge on any atom is 0.279 e. The van der Waals surface area contributed by atoms with E-state index >= 15 is 0 Å². The van der Waals surface area contributed by atoms with E-state index in [4.69, 9.17) is 0 Å². The molecule has 0 radical (unpaired) electrons. The van der Waals surface area contributed by atoms with Crippen LogP contribution in [0, 0.1) is 5.82 Å². The molecule has 4 rings (SSSR count). The predicted molar refractivity (Wildman–Crippen MR) is 97.4 cm³/mol. The van der Waals surface area contributed by atoms with Crippen LogP contribution in [0.3, 0.4) is 0 Å². The van der Waals surface area contributed by atoms with E-state index in [2.05, 4.69) is 19.9 Å². The Bertz CT molecular complexity index is 1180. The molecule has 10 heteroatoms. The van der Waals surface area contributed by atoms with Crippen molar-refractivity contribution in [2.45, 2.75) is 10.9 Å². The van der Waals surface area contributed by atoms with Gasteiger partial charge in [0.1, 0.15) is 10.5 Å². The Balaban J connectivity index is 1.80. The van der Waals surface area contributed by atoms with Crippen molar-refractivity contribution in [1.82, 2.24) is 24.5 Å². The maximum atomic E-state index is 13.1. The molecule has 7 nitrogen and oxygen atoms in total. The summed E-state index contributed by atoms with van der Waals surface area (Å²) >= 11 is 2.49. The van der Waals surface area contributed by atoms with Crippen molar-refractivity contribution in [3.63, 3.8) is 0 Å². The first-order valence-electron chi connectivity index (χ1n) is 7.40. The van der Waals surface area contributed by atoms with Crippen LogP contribution in [0.15, 0.2) is 56.9 Å². The number of rotatable bonds is 4. The summed E-state index contributed by atoms with van der Waals surface area (Å²) in [7, 11) is 0. The minimum absolute atomic E-state index is 0.263. The van der Waals surface area contributed by atoms with E-state index in [9.17, 15) is 14.0 Å². The number of hydrogen-bond acceptors (Lipinski definition) is 7. The number of hydrogen-bond donors (Lipinski definition) is 1. The van der Waals surface area contributed by atoms with E-state index in [0.29, 0.717) is 21.3 Å². The number of nitrogens with one attached hydrogen (secondary N) is 1. The Hall–Kier alpha value is -2.85. The van der Waals surface area contributed by atoms with Crippen LogP contribution in [0.2, 0.25) is 0 Å². The molecular weight excluding hydrogens is 377 g/mol. The first-order valence-corrected chi connectivity index (χ1v) is 9.27. The third kappa shape index (κ3) is 3.16. The van der Waals surface area contributed by atoms with Gasteiger partial charge in [-0.25, -0.2) is 23.9 Å². The zero-order valence-corrected chi connectivity index (χ0v) is 14.7. The van der Waals surface area contributed by atoms with Crippen LogP contribution in [0.4, 0.5) is 4.39 Å². The Labute approximate surface area is 153 Å². The number of thioether (sulfide) groups is 1. The normalized spacial score (nSPS) is 11.1. The average Bonchev–Trinajstić information content (AvgIpc) is 3.11. The summed E-state index contributed by atoms with van der Waals surface area (Å²) in [6.45, 7) is 0. The van der Waals surface area contributed by atoms with Crippen LogP contribution >= 0.6 is 23.1 Å². The second kappa shape index (κ2) is 6.81. The number of halogens is 1. The molecule has 0 atom stereocenters. The van der Waals surface area contributed by atoms with Crippen molar-refractivity contribution in [3.05, 3.63) is 74.3 Å². The number of benzene rings is 1. The standard InChI is InChI=1S/C16H10FN5O2S2/c17-10-3-1-9(2-4-10)7-25-16-21-14-13(26-8-20-14)15(24)22(16)11-5-19-12(23)6-18-11/h1-6,8H,7H2,(H,19,23). The zero-order chi connectivity index (χ0) is 18.1. The molecule has 3 aromatic heterocycles. The number of fused-ring (bicyclic) bond motifs is 1. The van der Waals surface area contributed by atoms with Crippen LogP contribution in [-0.2, 0) is 5.75 Å². The van der Waals surface area contributed by atoms with Crippen molar-refractivity contribution in [3.8, 4) is 5.82 Å². The molecule has 0 aliphatic heterocycles. The molecule has 1 aromatic carbocycles. The quantitative estimate of drug-likeness (QED) is 0.427. The number of H-pyrrole nitrogens is 1. The van der Waals surface area contributed by atoms with Gasteiger partial charge in [0.05, 0.1) is 11.7 Å². The second-order valence-electron chi connectivity index (χ2n) is 5.22. The van der Waals surface area contributed by atoms with Gasteiger partial charge in [-0.3, -0.25) is 9.59 Å². The summed E-state index contributed by atoms with van der Waals surface area (Å²) in [5.74, 6) is 0.431. The van der Waals surface area contributed by atoms with E-state index in [-0.39, 0.29) is 22.8 Å². The first-order chi connectivity index (χ1) is 12.6.